The van der Waals surface area contributed by atoms with Crippen LogP contribution in [-0.4, -0.2) is 50.8 Å². The van der Waals surface area contributed by atoms with E-state index in [0.717, 1.165) is 31.0 Å². The Hall–Kier alpha value is -0.120. The van der Waals surface area contributed by atoms with E-state index in [1.165, 1.54) is 58.2 Å². The summed E-state index contributed by atoms with van der Waals surface area (Å²) in [5.74, 6) is 1.94. The highest BCUT2D eigenvalue weighted by Gasteiger charge is 2.31. The van der Waals surface area contributed by atoms with Gasteiger partial charge in [-0.15, -0.1) is 0 Å². The van der Waals surface area contributed by atoms with Crippen molar-refractivity contribution in [3.05, 3.63) is 0 Å². The van der Waals surface area contributed by atoms with Gasteiger partial charge in [-0.2, -0.15) is 0 Å². The molecule has 2 rings (SSSR count). The van der Waals surface area contributed by atoms with Crippen LogP contribution in [0.25, 0.3) is 0 Å². The van der Waals surface area contributed by atoms with Crippen LogP contribution < -0.4 is 5.32 Å². The van der Waals surface area contributed by atoms with Crippen molar-refractivity contribution in [3.8, 4) is 0 Å². The standard InChI is InChI=1S/C16H32N2O/c1-14(16-5-6-16)18(12-13-19-2)11-3-4-15-7-9-17-10-8-15/h14-17H,3-13H2,1-2H3. The predicted molar refractivity (Wildman–Crippen MR) is 80.5 cm³/mol. The Morgan fingerprint density at radius 1 is 1.16 bits per heavy atom. The van der Waals surface area contributed by atoms with Crippen LogP contribution in [0.1, 0.15) is 45.4 Å². The Bertz CT molecular complexity index is 237. The molecule has 1 aliphatic carbocycles. The van der Waals surface area contributed by atoms with Crippen LogP contribution in [0, 0.1) is 11.8 Å². The number of rotatable bonds is 9. The van der Waals surface area contributed by atoms with Crippen LogP contribution in [0.2, 0.25) is 0 Å². The Labute approximate surface area is 119 Å². The maximum atomic E-state index is 5.27. The molecule has 0 aromatic carbocycles. The third kappa shape index (κ3) is 5.41. The van der Waals surface area contributed by atoms with Crippen molar-refractivity contribution < 1.29 is 4.74 Å². The summed E-state index contributed by atoms with van der Waals surface area (Å²) in [5.41, 5.74) is 0. The maximum Gasteiger partial charge on any atom is 0.0589 e. The van der Waals surface area contributed by atoms with Crippen molar-refractivity contribution in [1.29, 1.82) is 0 Å². The summed E-state index contributed by atoms with van der Waals surface area (Å²) in [7, 11) is 1.81. The number of methoxy groups -OCH3 is 1. The molecule has 112 valence electrons. The molecule has 1 unspecified atom stereocenters. The lowest BCUT2D eigenvalue weighted by atomic mass is 9.93. The van der Waals surface area contributed by atoms with Gasteiger partial charge in [0.15, 0.2) is 0 Å². The molecule has 3 heteroatoms. The van der Waals surface area contributed by atoms with E-state index in [9.17, 15) is 0 Å². The van der Waals surface area contributed by atoms with Crippen molar-refractivity contribution >= 4 is 0 Å². The number of nitrogens with zero attached hydrogens (tertiary/aromatic N) is 1. The molecule has 0 radical (unpaired) electrons. The average molecular weight is 268 g/mol. The Kier molecular flexibility index (Phi) is 6.62. The maximum absolute atomic E-state index is 5.27. The molecule has 0 spiro atoms. The number of nitrogens with one attached hydrogen (secondary N) is 1. The zero-order chi connectivity index (χ0) is 13.5. The van der Waals surface area contributed by atoms with E-state index in [1.807, 2.05) is 7.11 Å². The van der Waals surface area contributed by atoms with Gasteiger partial charge >= 0.3 is 0 Å². The van der Waals surface area contributed by atoms with Gasteiger partial charge in [-0.1, -0.05) is 0 Å². The third-order valence-electron chi connectivity index (χ3n) is 4.98. The fourth-order valence-corrected chi connectivity index (χ4v) is 3.36. The molecule has 2 fully saturated rings. The summed E-state index contributed by atoms with van der Waals surface area (Å²) in [6.07, 6.45) is 8.44. The molecule has 3 nitrogen and oxygen atoms in total. The predicted octanol–water partition coefficient (Wildman–Crippen LogP) is 2.51. The van der Waals surface area contributed by atoms with E-state index in [4.69, 9.17) is 4.74 Å². The third-order valence-corrected chi connectivity index (χ3v) is 4.98. The molecule has 0 amide bonds. The van der Waals surface area contributed by atoms with Gasteiger partial charge < -0.3 is 10.1 Å². The highest BCUT2D eigenvalue weighted by Crippen LogP contribution is 2.35. The molecule has 1 saturated carbocycles. The second-order valence-electron chi connectivity index (χ2n) is 6.44. The van der Waals surface area contributed by atoms with Gasteiger partial charge in [0.05, 0.1) is 6.61 Å². The minimum atomic E-state index is 0.767. The lowest BCUT2D eigenvalue weighted by Gasteiger charge is -2.30. The largest absolute Gasteiger partial charge is 0.383 e. The molecule has 1 heterocycles. The number of piperidine rings is 1. The fourth-order valence-electron chi connectivity index (χ4n) is 3.36. The van der Waals surface area contributed by atoms with Crippen LogP contribution in [-0.2, 0) is 4.74 Å². The molecule has 1 saturated heterocycles. The number of ether oxygens (including phenoxy) is 1. The van der Waals surface area contributed by atoms with Crippen LogP contribution >= 0.6 is 0 Å². The van der Waals surface area contributed by atoms with E-state index < -0.39 is 0 Å². The fraction of sp³-hybridized carbons (Fsp3) is 1.00. The first-order valence-corrected chi connectivity index (χ1v) is 8.25. The number of hydrogen-bond acceptors (Lipinski definition) is 3. The topological polar surface area (TPSA) is 24.5 Å². The SMILES string of the molecule is COCCN(CCCC1CCNCC1)C(C)C1CC1. The van der Waals surface area contributed by atoms with Gasteiger partial charge in [0, 0.05) is 19.7 Å². The van der Waals surface area contributed by atoms with Crippen molar-refractivity contribution in [3.63, 3.8) is 0 Å². The molecule has 0 aromatic heterocycles. The summed E-state index contributed by atoms with van der Waals surface area (Å²) >= 11 is 0. The van der Waals surface area contributed by atoms with Crippen molar-refractivity contribution in [2.45, 2.75) is 51.5 Å². The molecule has 0 aromatic rings. The van der Waals surface area contributed by atoms with Crippen LogP contribution in [0.4, 0.5) is 0 Å². The first kappa shape index (κ1) is 15.3. The minimum absolute atomic E-state index is 0.767. The lowest BCUT2D eigenvalue weighted by Crippen LogP contribution is -2.38. The van der Waals surface area contributed by atoms with Gasteiger partial charge in [0.2, 0.25) is 0 Å². The average Bonchev–Trinajstić information content (AvgIpc) is 3.27. The van der Waals surface area contributed by atoms with Crippen LogP contribution in [0.5, 0.6) is 0 Å². The Balaban J connectivity index is 1.65. The monoisotopic (exact) mass is 268 g/mol. The summed E-state index contributed by atoms with van der Waals surface area (Å²) in [6, 6.07) is 0.767. The molecule has 19 heavy (non-hydrogen) atoms. The second-order valence-corrected chi connectivity index (χ2v) is 6.44. The van der Waals surface area contributed by atoms with Crippen molar-refractivity contribution in [2.75, 3.05) is 39.9 Å². The highest BCUT2D eigenvalue weighted by molar-refractivity contribution is 4.85. The molecule has 1 aliphatic heterocycles. The normalized spacial score (nSPS) is 22.9. The summed E-state index contributed by atoms with van der Waals surface area (Å²) in [4.78, 5) is 2.67. The first-order chi connectivity index (χ1) is 9.31. The second kappa shape index (κ2) is 8.23. The lowest BCUT2D eigenvalue weighted by molar-refractivity contribution is 0.113. The van der Waals surface area contributed by atoms with Gasteiger partial charge in [-0.3, -0.25) is 4.90 Å². The smallest absolute Gasteiger partial charge is 0.0589 e. The van der Waals surface area contributed by atoms with E-state index in [2.05, 4.69) is 17.1 Å². The van der Waals surface area contributed by atoms with E-state index >= 15 is 0 Å². The quantitative estimate of drug-likeness (QED) is 0.695. The zero-order valence-corrected chi connectivity index (χ0v) is 12.9. The zero-order valence-electron chi connectivity index (χ0n) is 12.9. The molecular weight excluding hydrogens is 236 g/mol. The van der Waals surface area contributed by atoms with E-state index in [1.54, 1.807) is 0 Å². The minimum Gasteiger partial charge on any atom is -0.383 e. The Morgan fingerprint density at radius 3 is 2.53 bits per heavy atom. The number of hydrogen-bond donors (Lipinski definition) is 1. The highest BCUT2D eigenvalue weighted by atomic mass is 16.5. The van der Waals surface area contributed by atoms with E-state index in [-0.39, 0.29) is 0 Å². The molecule has 1 atom stereocenters. The van der Waals surface area contributed by atoms with E-state index in [0.29, 0.717) is 0 Å². The van der Waals surface area contributed by atoms with Crippen LogP contribution in [0.3, 0.4) is 0 Å². The first-order valence-electron chi connectivity index (χ1n) is 8.25. The van der Waals surface area contributed by atoms with Gasteiger partial charge in [-0.05, 0) is 76.9 Å². The summed E-state index contributed by atoms with van der Waals surface area (Å²) < 4.78 is 5.27. The summed E-state index contributed by atoms with van der Waals surface area (Å²) in [5, 5.41) is 3.46. The van der Waals surface area contributed by atoms with Gasteiger partial charge in [0.1, 0.15) is 0 Å². The molecule has 1 N–H and O–H groups in total. The molecule has 0 bridgehead atoms. The molecular formula is C16H32N2O. The summed E-state index contributed by atoms with van der Waals surface area (Å²) in [6.45, 7) is 8.14. The molecule has 2 aliphatic rings. The Morgan fingerprint density at radius 2 is 1.89 bits per heavy atom. The van der Waals surface area contributed by atoms with Gasteiger partial charge in [0.25, 0.3) is 0 Å². The van der Waals surface area contributed by atoms with Gasteiger partial charge in [-0.25, -0.2) is 0 Å². The van der Waals surface area contributed by atoms with Crippen LogP contribution in [0.15, 0.2) is 0 Å². The van der Waals surface area contributed by atoms with Crippen molar-refractivity contribution in [1.82, 2.24) is 10.2 Å². The van der Waals surface area contributed by atoms with Crippen molar-refractivity contribution in [2.24, 2.45) is 11.8 Å².